The summed E-state index contributed by atoms with van der Waals surface area (Å²) in [5.41, 5.74) is 0.545. The van der Waals surface area contributed by atoms with Crippen molar-refractivity contribution in [3.05, 3.63) is 23.9 Å². The van der Waals surface area contributed by atoms with Gasteiger partial charge in [0.25, 0.3) is 5.91 Å². The third-order valence-electron chi connectivity index (χ3n) is 2.06. The summed E-state index contributed by atoms with van der Waals surface area (Å²) in [6, 6.07) is 3.56. The molecule has 1 aromatic rings. The Hall–Kier alpha value is -1.07. The van der Waals surface area contributed by atoms with Gasteiger partial charge in [0.15, 0.2) is 0 Å². The SMILES string of the molecule is CSc1ccc(C(=O)NCCC(C)O)cn1. The first-order valence-electron chi connectivity index (χ1n) is 5.10. The summed E-state index contributed by atoms with van der Waals surface area (Å²) in [6.07, 6.45) is 3.66. The van der Waals surface area contributed by atoms with Crippen LogP contribution in [0.2, 0.25) is 0 Å². The van der Waals surface area contributed by atoms with Crippen LogP contribution in [0.25, 0.3) is 0 Å². The number of nitrogens with one attached hydrogen (secondary N) is 1. The smallest absolute Gasteiger partial charge is 0.252 e. The van der Waals surface area contributed by atoms with Gasteiger partial charge in [-0.05, 0) is 31.7 Å². The number of rotatable bonds is 5. The number of carbonyl (C=O) groups is 1. The lowest BCUT2D eigenvalue weighted by Crippen LogP contribution is -2.26. The standard InChI is InChI=1S/C11H16N2O2S/c1-8(14)5-6-12-11(15)9-3-4-10(16-2)13-7-9/h3-4,7-8,14H,5-6H2,1-2H3,(H,12,15). The lowest BCUT2D eigenvalue weighted by molar-refractivity contribution is 0.0945. The summed E-state index contributed by atoms with van der Waals surface area (Å²) in [7, 11) is 0. The number of amides is 1. The van der Waals surface area contributed by atoms with Crippen LogP contribution in [0.5, 0.6) is 0 Å². The number of aliphatic hydroxyl groups is 1. The van der Waals surface area contributed by atoms with Crippen LogP contribution < -0.4 is 5.32 Å². The summed E-state index contributed by atoms with van der Waals surface area (Å²) in [4.78, 5) is 15.7. The second kappa shape index (κ2) is 6.50. The normalized spacial score (nSPS) is 12.2. The van der Waals surface area contributed by atoms with Crippen LogP contribution >= 0.6 is 11.8 Å². The molecule has 1 amide bonds. The van der Waals surface area contributed by atoms with Gasteiger partial charge < -0.3 is 10.4 Å². The number of hydrogen-bond acceptors (Lipinski definition) is 4. The molecule has 0 aromatic carbocycles. The van der Waals surface area contributed by atoms with Crippen molar-refractivity contribution >= 4 is 17.7 Å². The molecule has 0 radical (unpaired) electrons. The Bertz CT molecular complexity index is 338. The van der Waals surface area contributed by atoms with Gasteiger partial charge in [0.1, 0.15) is 0 Å². The van der Waals surface area contributed by atoms with E-state index in [-0.39, 0.29) is 5.91 Å². The largest absolute Gasteiger partial charge is 0.393 e. The van der Waals surface area contributed by atoms with Crippen molar-refractivity contribution in [3.8, 4) is 0 Å². The fourth-order valence-electron chi connectivity index (χ4n) is 1.13. The van der Waals surface area contributed by atoms with Crippen LogP contribution in [-0.2, 0) is 0 Å². The van der Waals surface area contributed by atoms with Gasteiger partial charge in [-0.2, -0.15) is 0 Å². The van der Waals surface area contributed by atoms with Crippen molar-refractivity contribution in [1.82, 2.24) is 10.3 Å². The van der Waals surface area contributed by atoms with Crippen molar-refractivity contribution in [3.63, 3.8) is 0 Å². The number of aliphatic hydroxyl groups excluding tert-OH is 1. The first-order chi connectivity index (χ1) is 7.63. The Labute approximate surface area is 99.5 Å². The Morgan fingerprint density at radius 3 is 2.88 bits per heavy atom. The lowest BCUT2D eigenvalue weighted by atomic mass is 10.2. The van der Waals surface area contributed by atoms with Gasteiger partial charge in [0, 0.05) is 12.7 Å². The third kappa shape index (κ3) is 4.20. The van der Waals surface area contributed by atoms with Gasteiger partial charge in [0.2, 0.25) is 0 Å². The van der Waals surface area contributed by atoms with Gasteiger partial charge in [-0.15, -0.1) is 11.8 Å². The maximum Gasteiger partial charge on any atom is 0.252 e. The fraction of sp³-hybridized carbons (Fsp3) is 0.455. The molecule has 1 atom stereocenters. The van der Waals surface area contributed by atoms with Crippen LogP contribution in [0, 0.1) is 0 Å². The van der Waals surface area contributed by atoms with E-state index in [1.54, 1.807) is 19.2 Å². The van der Waals surface area contributed by atoms with E-state index < -0.39 is 6.10 Å². The van der Waals surface area contributed by atoms with E-state index in [2.05, 4.69) is 10.3 Å². The zero-order valence-corrected chi connectivity index (χ0v) is 10.3. The van der Waals surface area contributed by atoms with Crippen LogP contribution in [0.15, 0.2) is 23.4 Å². The first kappa shape index (κ1) is 13.0. The molecule has 0 bridgehead atoms. The number of aromatic nitrogens is 1. The second-order valence-corrected chi connectivity index (χ2v) is 4.31. The average molecular weight is 240 g/mol. The van der Waals surface area contributed by atoms with Gasteiger partial charge in [-0.1, -0.05) is 0 Å². The molecule has 4 nitrogen and oxygen atoms in total. The lowest BCUT2D eigenvalue weighted by Gasteiger charge is -2.06. The van der Waals surface area contributed by atoms with E-state index in [0.29, 0.717) is 18.5 Å². The van der Waals surface area contributed by atoms with Crippen LogP contribution in [0.1, 0.15) is 23.7 Å². The summed E-state index contributed by atoms with van der Waals surface area (Å²) < 4.78 is 0. The van der Waals surface area contributed by atoms with E-state index in [1.807, 2.05) is 12.3 Å². The van der Waals surface area contributed by atoms with Crippen molar-refractivity contribution in [2.45, 2.75) is 24.5 Å². The summed E-state index contributed by atoms with van der Waals surface area (Å²) >= 11 is 1.54. The average Bonchev–Trinajstić information content (AvgIpc) is 2.28. The molecule has 2 N–H and O–H groups in total. The highest BCUT2D eigenvalue weighted by Gasteiger charge is 2.05. The number of thioether (sulfide) groups is 1. The van der Waals surface area contributed by atoms with Crippen LogP contribution in [0.3, 0.4) is 0 Å². The van der Waals surface area contributed by atoms with E-state index >= 15 is 0 Å². The molecular weight excluding hydrogens is 224 g/mol. The quantitative estimate of drug-likeness (QED) is 0.762. The zero-order valence-electron chi connectivity index (χ0n) is 9.43. The molecule has 0 saturated heterocycles. The molecule has 88 valence electrons. The third-order valence-corrected chi connectivity index (χ3v) is 2.72. The molecule has 0 saturated carbocycles. The minimum Gasteiger partial charge on any atom is -0.393 e. The molecular formula is C11H16N2O2S. The number of carbonyl (C=O) groups excluding carboxylic acids is 1. The van der Waals surface area contributed by atoms with E-state index in [1.165, 1.54) is 11.8 Å². The molecule has 0 aliphatic carbocycles. The molecule has 0 aliphatic heterocycles. The molecule has 5 heteroatoms. The highest BCUT2D eigenvalue weighted by molar-refractivity contribution is 7.98. The second-order valence-electron chi connectivity index (χ2n) is 3.48. The number of nitrogens with zero attached hydrogens (tertiary/aromatic N) is 1. The van der Waals surface area contributed by atoms with Crippen LogP contribution in [0.4, 0.5) is 0 Å². The molecule has 1 heterocycles. The molecule has 1 aromatic heterocycles. The van der Waals surface area contributed by atoms with Gasteiger partial charge in [-0.3, -0.25) is 4.79 Å². The zero-order chi connectivity index (χ0) is 12.0. The highest BCUT2D eigenvalue weighted by Crippen LogP contribution is 2.10. The van der Waals surface area contributed by atoms with E-state index in [4.69, 9.17) is 5.11 Å². The molecule has 0 aliphatic rings. The van der Waals surface area contributed by atoms with Crippen molar-refractivity contribution in [2.75, 3.05) is 12.8 Å². The maximum absolute atomic E-state index is 11.6. The van der Waals surface area contributed by atoms with Crippen molar-refractivity contribution in [2.24, 2.45) is 0 Å². The minimum absolute atomic E-state index is 0.152. The Kier molecular flexibility index (Phi) is 5.28. The molecule has 1 unspecified atom stereocenters. The van der Waals surface area contributed by atoms with Crippen molar-refractivity contribution < 1.29 is 9.90 Å². The van der Waals surface area contributed by atoms with Gasteiger partial charge >= 0.3 is 0 Å². The monoisotopic (exact) mass is 240 g/mol. The molecule has 16 heavy (non-hydrogen) atoms. The van der Waals surface area contributed by atoms with Gasteiger partial charge in [-0.25, -0.2) is 4.98 Å². The Balaban J connectivity index is 2.46. The number of hydrogen-bond donors (Lipinski definition) is 2. The Morgan fingerprint density at radius 1 is 1.62 bits per heavy atom. The fourth-order valence-corrected chi connectivity index (χ4v) is 1.49. The first-order valence-corrected chi connectivity index (χ1v) is 6.32. The van der Waals surface area contributed by atoms with E-state index in [0.717, 1.165) is 5.03 Å². The molecule has 0 spiro atoms. The van der Waals surface area contributed by atoms with Crippen LogP contribution in [-0.4, -0.2) is 34.9 Å². The molecule has 0 fully saturated rings. The van der Waals surface area contributed by atoms with Crippen molar-refractivity contribution in [1.29, 1.82) is 0 Å². The van der Waals surface area contributed by atoms with E-state index in [9.17, 15) is 4.79 Å². The summed E-state index contributed by atoms with van der Waals surface area (Å²) in [5.74, 6) is -0.152. The minimum atomic E-state index is -0.391. The Morgan fingerprint density at radius 2 is 2.38 bits per heavy atom. The topological polar surface area (TPSA) is 62.2 Å². The molecule has 1 rings (SSSR count). The number of pyridine rings is 1. The highest BCUT2D eigenvalue weighted by atomic mass is 32.2. The predicted octanol–water partition coefficient (Wildman–Crippen LogP) is 1.30. The predicted molar refractivity (Wildman–Crippen MR) is 64.6 cm³/mol. The summed E-state index contributed by atoms with van der Waals surface area (Å²) in [6.45, 7) is 2.17. The maximum atomic E-state index is 11.6. The van der Waals surface area contributed by atoms with Gasteiger partial charge in [0.05, 0.1) is 16.7 Å². The summed E-state index contributed by atoms with van der Waals surface area (Å²) in [5, 5.41) is 12.6.